The van der Waals surface area contributed by atoms with E-state index in [0.29, 0.717) is 5.56 Å². The van der Waals surface area contributed by atoms with Crippen LogP contribution in [0.3, 0.4) is 0 Å². The molecule has 0 unspecified atom stereocenters. The molecule has 0 saturated carbocycles. The summed E-state index contributed by atoms with van der Waals surface area (Å²) in [5, 5.41) is 2.86. The van der Waals surface area contributed by atoms with Crippen molar-refractivity contribution in [3.05, 3.63) is 59.7 Å². The van der Waals surface area contributed by atoms with Crippen LogP contribution in [0, 0.1) is 0 Å². The molecule has 0 spiro atoms. The molecule has 5 nitrogen and oxygen atoms in total. The van der Waals surface area contributed by atoms with Crippen molar-refractivity contribution in [3.63, 3.8) is 0 Å². The molecule has 0 radical (unpaired) electrons. The summed E-state index contributed by atoms with van der Waals surface area (Å²) in [5.41, 5.74) is 2.28. The number of sulfone groups is 1. The molecule has 0 aliphatic rings. The predicted molar refractivity (Wildman–Crippen MR) is 101 cm³/mol. The van der Waals surface area contributed by atoms with Gasteiger partial charge in [0.05, 0.1) is 4.90 Å². The summed E-state index contributed by atoms with van der Waals surface area (Å²) in [4.78, 5) is 14.8. The van der Waals surface area contributed by atoms with Gasteiger partial charge in [-0.05, 0) is 55.1 Å². The number of carbonyl (C=O) groups is 1. The molecule has 0 heterocycles. The number of hydrogen-bond donors (Lipinski definition) is 1. The highest BCUT2D eigenvalue weighted by atomic mass is 32.2. The molecule has 2 aromatic rings. The fourth-order valence-corrected chi connectivity index (χ4v) is 3.14. The highest BCUT2D eigenvalue weighted by Gasteiger charge is 2.10. The van der Waals surface area contributed by atoms with Crippen molar-refractivity contribution in [2.75, 3.05) is 24.7 Å². The van der Waals surface area contributed by atoms with E-state index in [1.165, 1.54) is 24.3 Å². The Labute approximate surface area is 149 Å². The van der Waals surface area contributed by atoms with Gasteiger partial charge >= 0.3 is 0 Å². The van der Waals surface area contributed by atoms with Crippen LogP contribution in [0.4, 0.5) is 5.69 Å². The molecule has 0 aliphatic heterocycles. The molecule has 2 rings (SSSR count). The molecule has 134 valence electrons. The van der Waals surface area contributed by atoms with E-state index in [4.69, 9.17) is 0 Å². The average Bonchev–Trinajstić information content (AvgIpc) is 2.59. The van der Waals surface area contributed by atoms with Gasteiger partial charge in [-0.25, -0.2) is 8.42 Å². The van der Waals surface area contributed by atoms with Gasteiger partial charge in [0.1, 0.15) is 0 Å². The summed E-state index contributed by atoms with van der Waals surface area (Å²) in [6.45, 7) is 7.02. The van der Waals surface area contributed by atoms with E-state index in [0.717, 1.165) is 37.1 Å². The van der Waals surface area contributed by atoms with Gasteiger partial charge in [-0.3, -0.25) is 9.69 Å². The van der Waals surface area contributed by atoms with Crippen molar-refractivity contribution >= 4 is 21.4 Å². The van der Waals surface area contributed by atoms with E-state index in [2.05, 4.69) is 24.1 Å². The maximum atomic E-state index is 12.3. The van der Waals surface area contributed by atoms with Crippen LogP contribution < -0.4 is 5.32 Å². The number of carbonyl (C=O) groups excluding carboxylic acids is 1. The van der Waals surface area contributed by atoms with E-state index < -0.39 is 9.84 Å². The zero-order chi connectivity index (χ0) is 18.4. The number of anilines is 1. The fourth-order valence-electron chi connectivity index (χ4n) is 2.51. The van der Waals surface area contributed by atoms with E-state index in [9.17, 15) is 13.2 Å². The Morgan fingerprint density at radius 1 is 1.04 bits per heavy atom. The number of benzene rings is 2. The summed E-state index contributed by atoms with van der Waals surface area (Å²) < 4.78 is 23.0. The normalized spacial score (nSPS) is 11.5. The number of nitrogens with zero attached hydrogens (tertiary/aromatic N) is 1. The first-order valence-corrected chi connectivity index (χ1v) is 10.2. The topological polar surface area (TPSA) is 66.5 Å². The van der Waals surface area contributed by atoms with Crippen molar-refractivity contribution in [3.8, 4) is 0 Å². The van der Waals surface area contributed by atoms with Crippen LogP contribution in [0.1, 0.15) is 29.8 Å². The molecule has 25 heavy (non-hydrogen) atoms. The van der Waals surface area contributed by atoms with Crippen LogP contribution >= 0.6 is 0 Å². The molecule has 0 bridgehead atoms. The summed E-state index contributed by atoms with van der Waals surface area (Å²) in [5.74, 6) is -0.264. The lowest BCUT2D eigenvalue weighted by molar-refractivity contribution is 0.102. The molecule has 6 heteroatoms. The van der Waals surface area contributed by atoms with Crippen LogP contribution in [0.15, 0.2) is 53.4 Å². The fraction of sp³-hybridized carbons (Fsp3) is 0.316. The van der Waals surface area contributed by atoms with Crippen LogP contribution in [0.2, 0.25) is 0 Å². The Morgan fingerprint density at radius 2 is 1.68 bits per heavy atom. The van der Waals surface area contributed by atoms with Gasteiger partial charge in [0.2, 0.25) is 0 Å². The van der Waals surface area contributed by atoms with E-state index in [1.54, 1.807) is 0 Å². The maximum absolute atomic E-state index is 12.3. The lowest BCUT2D eigenvalue weighted by Crippen LogP contribution is -2.22. The average molecular weight is 360 g/mol. The third kappa shape index (κ3) is 5.41. The van der Waals surface area contributed by atoms with Crippen molar-refractivity contribution in [1.29, 1.82) is 0 Å². The molecule has 0 aliphatic carbocycles. The molecule has 0 aromatic heterocycles. The monoisotopic (exact) mass is 360 g/mol. The highest BCUT2D eigenvalue weighted by molar-refractivity contribution is 7.90. The van der Waals surface area contributed by atoms with Gasteiger partial charge in [-0.1, -0.05) is 26.0 Å². The van der Waals surface area contributed by atoms with E-state index >= 15 is 0 Å². The minimum atomic E-state index is -3.26. The Kier molecular flexibility index (Phi) is 6.33. The summed E-state index contributed by atoms with van der Waals surface area (Å²) >= 11 is 0. The first kappa shape index (κ1) is 19.1. The smallest absolute Gasteiger partial charge is 0.255 e. The molecule has 0 atom stereocenters. The number of nitrogens with one attached hydrogen (secondary N) is 1. The van der Waals surface area contributed by atoms with Crippen LogP contribution in [-0.4, -0.2) is 38.6 Å². The second kappa shape index (κ2) is 8.27. The van der Waals surface area contributed by atoms with Crippen molar-refractivity contribution in [2.24, 2.45) is 0 Å². The first-order valence-electron chi connectivity index (χ1n) is 8.26. The third-order valence-corrected chi connectivity index (χ3v) is 5.16. The lowest BCUT2D eigenvalue weighted by Gasteiger charge is -2.18. The summed E-state index contributed by atoms with van der Waals surface area (Å²) in [6, 6.07) is 13.7. The van der Waals surface area contributed by atoms with Crippen molar-refractivity contribution in [2.45, 2.75) is 25.3 Å². The van der Waals surface area contributed by atoms with Crippen molar-refractivity contribution < 1.29 is 13.2 Å². The molecular weight excluding hydrogens is 336 g/mol. The van der Waals surface area contributed by atoms with E-state index in [1.807, 2.05) is 24.3 Å². The molecular formula is C19H24N2O3S. The molecule has 0 saturated heterocycles. The minimum Gasteiger partial charge on any atom is -0.322 e. The van der Waals surface area contributed by atoms with Crippen LogP contribution in [0.25, 0.3) is 0 Å². The van der Waals surface area contributed by atoms with E-state index in [-0.39, 0.29) is 10.8 Å². The van der Waals surface area contributed by atoms with Gasteiger partial charge in [0, 0.05) is 24.1 Å². The van der Waals surface area contributed by atoms with Gasteiger partial charge in [-0.2, -0.15) is 0 Å². The Bertz CT molecular complexity index is 826. The van der Waals surface area contributed by atoms with Gasteiger partial charge in [0.25, 0.3) is 5.91 Å². The molecule has 1 amide bonds. The molecule has 1 N–H and O–H groups in total. The first-order chi connectivity index (χ1) is 11.8. The Hall–Kier alpha value is -2.18. The Balaban J connectivity index is 2.10. The number of hydrogen-bond acceptors (Lipinski definition) is 4. The zero-order valence-electron chi connectivity index (χ0n) is 14.8. The third-order valence-electron chi connectivity index (χ3n) is 4.03. The number of rotatable bonds is 7. The summed E-state index contributed by atoms with van der Waals surface area (Å²) in [7, 11) is -3.26. The van der Waals surface area contributed by atoms with Crippen LogP contribution in [-0.2, 0) is 16.4 Å². The zero-order valence-corrected chi connectivity index (χ0v) is 15.6. The summed E-state index contributed by atoms with van der Waals surface area (Å²) in [6.07, 6.45) is 1.14. The standard InChI is InChI=1S/C19H24N2O3S/c1-4-21(5-2)14-15-7-6-8-17(13-15)20-19(22)16-9-11-18(12-10-16)25(3,23)24/h6-13H,4-5,14H2,1-3H3,(H,20,22). The SMILES string of the molecule is CCN(CC)Cc1cccc(NC(=O)c2ccc(S(C)(=O)=O)cc2)c1. The van der Waals surface area contributed by atoms with Gasteiger partial charge in [-0.15, -0.1) is 0 Å². The molecule has 2 aromatic carbocycles. The Morgan fingerprint density at radius 3 is 2.24 bits per heavy atom. The lowest BCUT2D eigenvalue weighted by atomic mass is 10.1. The van der Waals surface area contributed by atoms with Crippen molar-refractivity contribution in [1.82, 2.24) is 4.90 Å². The van der Waals surface area contributed by atoms with Crippen LogP contribution in [0.5, 0.6) is 0 Å². The second-order valence-electron chi connectivity index (χ2n) is 5.91. The largest absolute Gasteiger partial charge is 0.322 e. The maximum Gasteiger partial charge on any atom is 0.255 e. The predicted octanol–water partition coefficient (Wildman–Crippen LogP) is 3.18. The number of amides is 1. The molecule has 0 fully saturated rings. The van der Waals surface area contributed by atoms with Gasteiger partial charge in [0.15, 0.2) is 9.84 Å². The van der Waals surface area contributed by atoms with Gasteiger partial charge < -0.3 is 5.32 Å². The second-order valence-corrected chi connectivity index (χ2v) is 7.93. The highest BCUT2D eigenvalue weighted by Crippen LogP contribution is 2.15. The quantitative estimate of drug-likeness (QED) is 0.823. The minimum absolute atomic E-state index is 0.199.